The third kappa shape index (κ3) is 3.71. The first-order chi connectivity index (χ1) is 12.5. The van der Waals surface area contributed by atoms with Crippen molar-refractivity contribution in [3.8, 4) is 0 Å². The summed E-state index contributed by atoms with van der Waals surface area (Å²) in [6.45, 7) is 3.13. The summed E-state index contributed by atoms with van der Waals surface area (Å²) < 4.78 is 19.0. The van der Waals surface area contributed by atoms with Gasteiger partial charge in [0.05, 0.1) is 24.1 Å². The van der Waals surface area contributed by atoms with E-state index in [0.29, 0.717) is 26.1 Å². The molecular weight excluding hydrogens is 339 g/mol. The SMILES string of the molecule is CCOC(=O)C1CCCN(C(=O)C2CC(=O)N(c3ccccc3F)C2)C1. The van der Waals surface area contributed by atoms with Gasteiger partial charge in [-0.2, -0.15) is 0 Å². The van der Waals surface area contributed by atoms with E-state index >= 15 is 0 Å². The van der Waals surface area contributed by atoms with Gasteiger partial charge in [-0.1, -0.05) is 12.1 Å². The molecule has 2 amide bonds. The molecule has 2 fully saturated rings. The molecule has 2 atom stereocenters. The minimum absolute atomic E-state index is 0.0632. The topological polar surface area (TPSA) is 66.9 Å². The van der Waals surface area contributed by atoms with Gasteiger partial charge in [-0.3, -0.25) is 14.4 Å². The lowest BCUT2D eigenvalue weighted by Gasteiger charge is -2.33. The molecular formula is C19H23FN2O4. The highest BCUT2D eigenvalue weighted by atomic mass is 19.1. The molecule has 1 aromatic carbocycles. The van der Waals surface area contributed by atoms with Crippen molar-refractivity contribution >= 4 is 23.5 Å². The summed E-state index contributed by atoms with van der Waals surface area (Å²) in [5.41, 5.74) is 0.204. The molecule has 26 heavy (non-hydrogen) atoms. The van der Waals surface area contributed by atoms with E-state index in [9.17, 15) is 18.8 Å². The average molecular weight is 362 g/mol. The molecule has 2 saturated heterocycles. The zero-order valence-electron chi connectivity index (χ0n) is 14.8. The quantitative estimate of drug-likeness (QED) is 0.768. The number of amides is 2. The van der Waals surface area contributed by atoms with E-state index in [2.05, 4.69) is 0 Å². The maximum Gasteiger partial charge on any atom is 0.310 e. The first-order valence-electron chi connectivity index (χ1n) is 9.01. The number of esters is 1. The molecule has 2 aliphatic rings. The van der Waals surface area contributed by atoms with Gasteiger partial charge >= 0.3 is 5.97 Å². The number of hydrogen-bond acceptors (Lipinski definition) is 4. The number of carbonyl (C=O) groups excluding carboxylic acids is 3. The number of hydrogen-bond donors (Lipinski definition) is 0. The number of halogens is 1. The number of piperidine rings is 1. The number of para-hydroxylation sites is 1. The van der Waals surface area contributed by atoms with Gasteiger partial charge in [-0.15, -0.1) is 0 Å². The van der Waals surface area contributed by atoms with Crippen LogP contribution < -0.4 is 4.90 Å². The van der Waals surface area contributed by atoms with Crippen LogP contribution in [0.15, 0.2) is 24.3 Å². The van der Waals surface area contributed by atoms with E-state index in [4.69, 9.17) is 4.74 Å². The Kier molecular flexibility index (Phi) is 5.54. The third-order valence-corrected chi connectivity index (χ3v) is 4.97. The standard InChI is InChI=1S/C19H23FN2O4/c1-2-26-19(25)13-6-5-9-21(11-13)18(24)14-10-17(23)22(12-14)16-8-4-3-7-15(16)20/h3-4,7-8,13-14H,2,5-6,9-12H2,1H3. The Bertz CT molecular complexity index is 709. The summed E-state index contributed by atoms with van der Waals surface area (Å²) in [5.74, 6) is -1.98. The van der Waals surface area contributed by atoms with E-state index in [1.54, 1.807) is 24.0 Å². The molecule has 1 aromatic rings. The third-order valence-electron chi connectivity index (χ3n) is 4.97. The van der Waals surface area contributed by atoms with Crippen molar-refractivity contribution in [1.82, 2.24) is 4.90 Å². The van der Waals surface area contributed by atoms with E-state index in [0.717, 1.165) is 6.42 Å². The van der Waals surface area contributed by atoms with Gasteiger partial charge in [0.25, 0.3) is 0 Å². The number of ether oxygens (including phenoxy) is 1. The molecule has 0 bridgehead atoms. The first-order valence-corrected chi connectivity index (χ1v) is 9.01. The Morgan fingerprint density at radius 1 is 1.23 bits per heavy atom. The summed E-state index contributed by atoms with van der Waals surface area (Å²) in [6, 6.07) is 6.06. The second-order valence-electron chi connectivity index (χ2n) is 6.73. The maximum absolute atomic E-state index is 14.0. The smallest absolute Gasteiger partial charge is 0.310 e. The fraction of sp³-hybridized carbons (Fsp3) is 0.526. The van der Waals surface area contributed by atoms with Crippen LogP contribution in [0.4, 0.5) is 10.1 Å². The molecule has 0 N–H and O–H groups in total. The second kappa shape index (κ2) is 7.85. The molecule has 2 heterocycles. The van der Waals surface area contributed by atoms with Crippen molar-refractivity contribution in [2.75, 3.05) is 31.1 Å². The highest BCUT2D eigenvalue weighted by molar-refractivity contribution is 6.00. The zero-order valence-corrected chi connectivity index (χ0v) is 14.8. The van der Waals surface area contributed by atoms with E-state index < -0.39 is 11.7 Å². The van der Waals surface area contributed by atoms with Gasteiger partial charge in [0.1, 0.15) is 5.82 Å². The van der Waals surface area contributed by atoms with Crippen LogP contribution in [0.3, 0.4) is 0 Å². The molecule has 3 rings (SSSR count). The van der Waals surface area contributed by atoms with E-state index in [1.165, 1.54) is 17.0 Å². The maximum atomic E-state index is 14.0. The lowest BCUT2D eigenvalue weighted by molar-refractivity contribution is -0.152. The number of nitrogens with zero attached hydrogens (tertiary/aromatic N) is 2. The lowest BCUT2D eigenvalue weighted by Crippen LogP contribution is -2.45. The van der Waals surface area contributed by atoms with Gasteiger partial charge in [-0.05, 0) is 31.9 Å². The van der Waals surface area contributed by atoms with Crippen molar-refractivity contribution < 1.29 is 23.5 Å². The summed E-state index contributed by atoms with van der Waals surface area (Å²) in [4.78, 5) is 40.1. The molecule has 0 aliphatic carbocycles. The predicted octanol–water partition coefficient (Wildman–Crippen LogP) is 1.98. The van der Waals surface area contributed by atoms with Crippen LogP contribution in [-0.4, -0.2) is 48.9 Å². The van der Waals surface area contributed by atoms with Gasteiger partial charge in [0.2, 0.25) is 11.8 Å². The van der Waals surface area contributed by atoms with Crippen LogP contribution in [0.5, 0.6) is 0 Å². The average Bonchev–Trinajstić information content (AvgIpc) is 3.03. The van der Waals surface area contributed by atoms with Crippen LogP contribution in [0.1, 0.15) is 26.2 Å². The van der Waals surface area contributed by atoms with Crippen LogP contribution >= 0.6 is 0 Å². The molecule has 0 radical (unpaired) electrons. The summed E-state index contributed by atoms with van der Waals surface area (Å²) in [5, 5.41) is 0. The van der Waals surface area contributed by atoms with Crippen molar-refractivity contribution in [1.29, 1.82) is 0 Å². The molecule has 7 heteroatoms. The van der Waals surface area contributed by atoms with Gasteiger partial charge < -0.3 is 14.5 Å². The molecule has 2 unspecified atom stereocenters. The van der Waals surface area contributed by atoms with Crippen molar-refractivity contribution in [2.24, 2.45) is 11.8 Å². The minimum atomic E-state index is -0.511. The van der Waals surface area contributed by atoms with Crippen LogP contribution in [0, 0.1) is 17.7 Å². The molecule has 0 spiro atoms. The zero-order chi connectivity index (χ0) is 18.7. The number of carbonyl (C=O) groups is 3. The fourth-order valence-corrected chi connectivity index (χ4v) is 3.66. The van der Waals surface area contributed by atoms with E-state index in [1.807, 2.05) is 0 Å². The molecule has 140 valence electrons. The monoisotopic (exact) mass is 362 g/mol. The van der Waals surface area contributed by atoms with E-state index in [-0.39, 0.29) is 42.4 Å². The first kappa shape index (κ1) is 18.4. The minimum Gasteiger partial charge on any atom is -0.466 e. The van der Waals surface area contributed by atoms with Crippen molar-refractivity contribution in [2.45, 2.75) is 26.2 Å². The van der Waals surface area contributed by atoms with Crippen LogP contribution in [0.2, 0.25) is 0 Å². The van der Waals surface area contributed by atoms with Gasteiger partial charge in [0.15, 0.2) is 0 Å². The Balaban J connectivity index is 1.66. The Morgan fingerprint density at radius 3 is 2.73 bits per heavy atom. The summed E-state index contributed by atoms with van der Waals surface area (Å²) >= 11 is 0. The van der Waals surface area contributed by atoms with Crippen LogP contribution in [0.25, 0.3) is 0 Å². The molecule has 2 aliphatic heterocycles. The largest absolute Gasteiger partial charge is 0.466 e. The number of likely N-dealkylation sites (tertiary alicyclic amines) is 1. The number of rotatable bonds is 4. The Labute approximate surface area is 151 Å². The highest BCUT2D eigenvalue weighted by Gasteiger charge is 2.39. The fourth-order valence-electron chi connectivity index (χ4n) is 3.66. The number of anilines is 1. The van der Waals surface area contributed by atoms with Crippen molar-refractivity contribution in [3.05, 3.63) is 30.1 Å². The Morgan fingerprint density at radius 2 is 2.00 bits per heavy atom. The summed E-state index contributed by atoms with van der Waals surface area (Å²) in [6.07, 6.45) is 1.49. The molecule has 0 saturated carbocycles. The predicted molar refractivity (Wildman–Crippen MR) is 92.8 cm³/mol. The normalized spacial score (nSPS) is 23.2. The molecule has 6 nitrogen and oxygen atoms in total. The highest BCUT2D eigenvalue weighted by Crippen LogP contribution is 2.29. The van der Waals surface area contributed by atoms with Gasteiger partial charge in [0, 0.05) is 26.1 Å². The van der Waals surface area contributed by atoms with Gasteiger partial charge in [-0.25, -0.2) is 4.39 Å². The second-order valence-corrected chi connectivity index (χ2v) is 6.73. The van der Waals surface area contributed by atoms with Crippen molar-refractivity contribution in [3.63, 3.8) is 0 Å². The van der Waals surface area contributed by atoms with Crippen LogP contribution in [-0.2, 0) is 19.1 Å². The summed E-state index contributed by atoms with van der Waals surface area (Å²) in [7, 11) is 0. The Hall–Kier alpha value is -2.44. The lowest BCUT2D eigenvalue weighted by atomic mass is 9.96. The molecule has 0 aromatic heterocycles. The number of benzene rings is 1.